The highest BCUT2D eigenvalue weighted by Crippen LogP contribution is 2.24. The van der Waals surface area contributed by atoms with Crippen LogP contribution in [0, 0.1) is 0 Å². The summed E-state index contributed by atoms with van der Waals surface area (Å²) < 4.78 is 2.20. The normalized spacial score (nSPS) is 16.1. The summed E-state index contributed by atoms with van der Waals surface area (Å²) in [5, 5.41) is 10.6. The van der Waals surface area contributed by atoms with Crippen LogP contribution in [-0.2, 0) is 19.4 Å². The predicted molar refractivity (Wildman–Crippen MR) is 87.8 cm³/mol. The lowest BCUT2D eigenvalue weighted by Crippen LogP contribution is -2.21. The molecule has 3 rings (SSSR count). The molecule has 114 valence electrons. The molecule has 1 aromatic carbocycles. The third kappa shape index (κ3) is 3.14. The minimum Gasteiger partial charge on any atom is -0.395 e. The maximum absolute atomic E-state index is 9.26. The van der Waals surface area contributed by atoms with Crippen molar-refractivity contribution in [1.29, 1.82) is 0 Å². The van der Waals surface area contributed by atoms with Crippen LogP contribution in [0.4, 0.5) is 0 Å². The smallest absolute Gasteiger partial charge is 0.0610 e. The Bertz CT molecular complexity index is 597. The minimum atomic E-state index is 0.199. The van der Waals surface area contributed by atoms with Gasteiger partial charge < -0.3 is 14.6 Å². The van der Waals surface area contributed by atoms with Gasteiger partial charge in [-0.2, -0.15) is 0 Å². The first-order valence-electron chi connectivity index (χ1n) is 8.25. The zero-order valence-electron chi connectivity index (χ0n) is 13.0. The summed E-state index contributed by atoms with van der Waals surface area (Å²) in [5.74, 6) is 0. The van der Waals surface area contributed by atoms with Gasteiger partial charge in [0.15, 0.2) is 0 Å². The van der Waals surface area contributed by atoms with Crippen LogP contribution in [0.2, 0.25) is 0 Å². The van der Waals surface area contributed by atoms with E-state index in [-0.39, 0.29) is 6.61 Å². The Kier molecular flexibility index (Phi) is 4.61. The second kappa shape index (κ2) is 6.63. The summed E-state index contributed by atoms with van der Waals surface area (Å²) in [6.07, 6.45) is 7.14. The molecule has 1 saturated heterocycles. The van der Waals surface area contributed by atoms with Crippen molar-refractivity contribution in [3.8, 4) is 0 Å². The Morgan fingerprint density at radius 3 is 2.67 bits per heavy atom. The van der Waals surface area contributed by atoms with E-state index in [0.29, 0.717) is 6.54 Å². The molecular weight excluding hydrogens is 260 g/mol. The number of hydrogen-bond donors (Lipinski definition) is 1. The van der Waals surface area contributed by atoms with Crippen LogP contribution in [0.15, 0.2) is 24.4 Å². The molecule has 1 N–H and O–H groups in total. The Morgan fingerprint density at radius 2 is 1.95 bits per heavy atom. The molecule has 0 spiro atoms. The summed E-state index contributed by atoms with van der Waals surface area (Å²) >= 11 is 0. The number of hydrogen-bond acceptors (Lipinski definition) is 2. The maximum atomic E-state index is 9.26. The molecule has 1 fully saturated rings. The lowest BCUT2D eigenvalue weighted by Gasteiger charge is -2.13. The van der Waals surface area contributed by atoms with E-state index in [1.54, 1.807) is 0 Å². The Labute approximate surface area is 127 Å². The molecule has 1 aromatic heterocycles. The van der Waals surface area contributed by atoms with E-state index in [2.05, 4.69) is 40.8 Å². The van der Waals surface area contributed by atoms with Crippen molar-refractivity contribution in [2.45, 2.75) is 39.2 Å². The molecule has 0 bridgehead atoms. The lowest BCUT2D eigenvalue weighted by molar-refractivity contribution is 0.278. The summed E-state index contributed by atoms with van der Waals surface area (Å²) in [4.78, 5) is 2.57. The van der Waals surface area contributed by atoms with E-state index in [9.17, 15) is 5.11 Å². The van der Waals surface area contributed by atoms with Crippen LogP contribution in [-0.4, -0.2) is 40.8 Å². The molecule has 0 aliphatic carbocycles. The number of rotatable bonds is 6. The number of aryl methyl sites for hydroxylation is 1. The van der Waals surface area contributed by atoms with Gasteiger partial charge in [0.2, 0.25) is 0 Å². The zero-order chi connectivity index (χ0) is 14.7. The highest BCUT2D eigenvalue weighted by molar-refractivity contribution is 5.84. The molecule has 0 saturated carbocycles. The molecule has 1 aliphatic heterocycles. The zero-order valence-corrected chi connectivity index (χ0v) is 13.0. The van der Waals surface area contributed by atoms with E-state index < -0.39 is 0 Å². The van der Waals surface area contributed by atoms with Crippen LogP contribution in [0.3, 0.4) is 0 Å². The first kappa shape index (κ1) is 14.6. The van der Waals surface area contributed by atoms with Gasteiger partial charge in [-0.05, 0) is 62.0 Å². The SMILES string of the molecule is CCc1ccc2c(c1)c(CCN1CCCC1)cn2CCO. The van der Waals surface area contributed by atoms with E-state index >= 15 is 0 Å². The van der Waals surface area contributed by atoms with Crippen LogP contribution in [0.1, 0.15) is 30.9 Å². The van der Waals surface area contributed by atoms with Crippen molar-refractivity contribution in [3.05, 3.63) is 35.5 Å². The molecule has 0 radical (unpaired) electrons. The fourth-order valence-electron chi connectivity index (χ4n) is 3.41. The fraction of sp³-hybridized carbons (Fsp3) is 0.556. The average Bonchev–Trinajstić information content (AvgIpc) is 3.13. The Morgan fingerprint density at radius 1 is 1.14 bits per heavy atom. The first-order valence-corrected chi connectivity index (χ1v) is 8.25. The second-order valence-electron chi connectivity index (χ2n) is 6.08. The van der Waals surface area contributed by atoms with Crippen molar-refractivity contribution in [2.24, 2.45) is 0 Å². The fourth-order valence-corrected chi connectivity index (χ4v) is 3.41. The van der Waals surface area contributed by atoms with Gasteiger partial charge in [0, 0.05) is 30.2 Å². The molecule has 1 aliphatic rings. The van der Waals surface area contributed by atoms with Crippen LogP contribution in [0.25, 0.3) is 10.9 Å². The van der Waals surface area contributed by atoms with E-state index in [1.807, 2.05) is 0 Å². The highest BCUT2D eigenvalue weighted by Gasteiger charge is 2.14. The summed E-state index contributed by atoms with van der Waals surface area (Å²) in [6.45, 7) is 6.77. The second-order valence-corrected chi connectivity index (χ2v) is 6.08. The molecule has 21 heavy (non-hydrogen) atoms. The summed E-state index contributed by atoms with van der Waals surface area (Å²) in [7, 11) is 0. The number of aliphatic hydroxyl groups excluding tert-OH is 1. The number of aliphatic hydroxyl groups is 1. The monoisotopic (exact) mass is 286 g/mol. The largest absolute Gasteiger partial charge is 0.395 e. The number of benzene rings is 1. The van der Waals surface area contributed by atoms with Crippen LogP contribution >= 0.6 is 0 Å². The van der Waals surface area contributed by atoms with Crippen molar-refractivity contribution in [3.63, 3.8) is 0 Å². The van der Waals surface area contributed by atoms with Gasteiger partial charge in [-0.25, -0.2) is 0 Å². The lowest BCUT2D eigenvalue weighted by atomic mass is 10.1. The van der Waals surface area contributed by atoms with Crippen LogP contribution in [0.5, 0.6) is 0 Å². The standard InChI is InChI=1S/C18H26N2O/c1-2-15-5-6-18-17(13-15)16(14-20(18)11-12-21)7-10-19-8-3-4-9-19/h5-6,13-14,21H,2-4,7-12H2,1H3. The van der Waals surface area contributed by atoms with Gasteiger partial charge in [0.25, 0.3) is 0 Å². The molecule has 2 heterocycles. The van der Waals surface area contributed by atoms with Crippen molar-refractivity contribution in [1.82, 2.24) is 9.47 Å². The maximum Gasteiger partial charge on any atom is 0.0610 e. The van der Waals surface area contributed by atoms with Crippen molar-refractivity contribution in [2.75, 3.05) is 26.2 Å². The molecule has 0 unspecified atom stereocenters. The van der Waals surface area contributed by atoms with E-state index in [4.69, 9.17) is 0 Å². The average molecular weight is 286 g/mol. The molecule has 3 nitrogen and oxygen atoms in total. The van der Waals surface area contributed by atoms with Gasteiger partial charge in [-0.15, -0.1) is 0 Å². The van der Waals surface area contributed by atoms with Gasteiger partial charge in [0.1, 0.15) is 0 Å². The van der Waals surface area contributed by atoms with E-state index in [0.717, 1.165) is 19.4 Å². The highest BCUT2D eigenvalue weighted by atomic mass is 16.3. The van der Waals surface area contributed by atoms with Crippen LogP contribution < -0.4 is 0 Å². The quantitative estimate of drug-likeness (QED) is 0.884. The summed E-state index contributed by atoms with van der Waals surface area (Å²) in [6, 6.07) is 6.76. The Balaban J connectivity index is 1.87. The number of nitrogens with zero attached hydrogens (tertiary/aromatic N) is 2. The van der Waals surface area contributed by atoms with Gasteiger partial charge in [0.05, 0.1) is 6.61 Å². The molecule has 3 heteroatoms. The van der Waals surface area contributed by atoms with Gasteiger partial charge >= 0.3 is 0 Å². The number of likely N-dealkylation sites (tertiary alicyclic amines) is 1. The minimum absolute atomic E-state index is 0.199. The van der Waals surface area contributed by atoms with Crippen molar-refractivity contribution >= 4 is 10.9 Å². The topological polar surface area (TPSA) is 28.4 Å². The molecule has 0 amide bonds. The number of fused-ring (bicyclic) bond motifs is 1. The summed E-state index contributed by atoms with van der Waals surface area (Å²) in [5.41, 5.74) is 4.09. The Hall–Kier alpha value is -1.32. The van der Waals surface area contributed by atoms with Gasteiger partial charge in [-0.1, -0.05) is 13.0 Å². The first-order chi connectivity index (χ1) is 10.3. The van der Waals surface area contributed by atoms with E-state index in [1.165, 1.54) is 48.0 Å². The van der Waals surface area contributed by atoms with Crippen molar-refractivity contribution < 1.29 is 5.11 Å². The molecule has 0 atom stereocenters. The molecular formula is C18H26N2O. The third-order valence-electron chi connectivity index (χ3n) is 4.67. The third-order valence-corrected chi connectivity index (χ3v) is 4.67. The molecule has 2 aromatic rings. The predicted octanol–water partition coefficient (Wildman–Crippen LogP) is 2.83. The van der Waals surface area contributed by atoms with Gasteiger partial charge in [-0.3, -0.25) is 0 Å². The number of aromatic nitrogens is 1.